The molecule has 2 aromatic rings. The van der Waals surface area contributed by atoms with Crippen LogP contribution in [-0.2, 0) is 6.54 Å². The lowest BCUT2D eigenvalue weighted by atomic mass is 10.2. The smallest absolute Gasteiger partial charge is 0.123 e. The highest BCUT2D eigenvalue weighted by molar-refractivity contribution is 7.98. The zero-order valence-electron chi connectivity index (χ0n) is 10.1. The molecule has 0 aromatic heterocycles. The van der Waals surface area contributed by atoms with Crippen molar-refractivity contribution in [3.63, 3.8) is 0 Å². The molecule has 18 heavy (non-hydrogen) atoms. The van der Waals surface area contributed by atoms with Crippen molar-refractivity contribution in [3.05, 3.63) is 59.9 Å². The van der Waals surface area contributed by atoms with E-state index in [9.17, 15) is 4.39 Å². The van der Waals surface area contributed by atoms with Gasteiger partial charge in [0.2, 0.25) is 0 Å². The second-order valence-electron chi connectivity index (χ2n) is 3.95. The van der Waals surface area contributed by atoms with E-state index in [0.717, 1.165) is 11.3 Å². The third kappa shape index (κ3) is 3.24. The van der Waals surface area contributed by atoms with Gasteiger partial charge >= 0.3 is 0 Å². The molecular weight excluding hydrogens is 247 g/mol. The third-order valence-electron chi connectivity index (χ3n) is 2.67. The average Bonchev–Trinajstić information content (AvgIpc) is 2.40. The molecule has 0 heterocycles. The SMILES string of the molecule is CSc1ccc(CN(N)c2ccc(F)cc2)cc1. The van der Waals surface area contributed by atoms with Crippen LogP contribution in [0.2, 0.25) is 0 Å². The molecule has 0 bridgehead atoms. The first-order valence-electron chi connectivity index (χ1n) is 5.60. The number of nitrogens with two attached hydrogens (primary N) is 1. The van der Waals surface area contributed by atoms with Crippen LogP contribution in [0.3, 0.4) is 0 Å². The topological polar surface area (TPSA) is 29.3 Å². The zero-order chi connectivity index (χ0) is 13.0. The number of hydrogen-bond donors (Lipinski definition) is 1. The second kappa shape index (κ2) is 5.89. The summed E-state index contributed by atoms with van der Waals surface area (Å²) in [6.45, 7) is 0.598. The summed E-state index contributed by atoms with van der Waals surface area (Å²) in [5, 5.41) is 1.60. The Kier molecular flexibility index (Phi) is 4.23. The van der Waals surface area contributed by atoms with Crippen LogP contribution in [0.25, 0.3) is 0 Å². The quantitative estimate of drug-likeness (QED) is 0.520. The largest absolute Gasteiger partial charge is 0.307 e. The summed E-state index contributed by atoms with van der Waals surface area (Å²) in [5.41, 5.74) is 1.92. The Bertz CT molecular complexity index is 496. The number of halogens is 1. The van der Waals surface area contributed by atoms with Gasteiger partial charge in [0.05, 0.1) is 12.2 Å². The van der Waals surface area contributed by atoms with Gasteiger partial charge in [0.1, 0.15) is 5.82 Å². The van der Waals surface area contributed by atoms with Crippen molar-refractivity contribution in [2.24, 2.45) is 5.84 Å². The highest BCUT2D eigenvalue weighted by Crippen LogP contribution is 2.18. The second-order valence-corrected chi connectivity index (χ2v) is 4.83. The van der Waals surface area contributed by atoms with Gasteiger partial charge in [0.25, 0.3) is 0 Å². The van der Waals surface area contributed by atoms with E-state index in [2.05, 4.69) is 24.3 Å². The molecule has 94 valence electrons. The lowest BCUT2D eigenvalue weighted by molar-refractivity contribution is 0.627. The van der Waals surface area contributed by atoms with E-state index in [-0.39, 0.29) is 5.82 Å². The van der Waals surface area contributed by atoms with Gasteiger partial charge in [-0.2, -0.15) is 0 Å². The summed E-state index contributed by atoms with van der Waals surface area (Å²) < 4.78 is 12.8. The van der Waals surface area contributed by atoms with Crippen molar-refractivity contribution >= 4 is 17.4 Å². The zero-order valence-corrected chi connectivity index (χ0v) is 11.0. The average molecular weight is 262 g/mol. The normalized spacial score (nSPS) is 10.4. The van der Waals surface area contributed by atoms with Crippen molar-refractivity contribution in [1.29, 1.82) is 0 Å². The number of anilines is 1. The van der Waals surface area contributed by atoms with Crippen LogP contribution in [0.1, 0.15) is 5.56 Å². The Morgan fingerprint density at radius 2 is 1.67 bits per heavy atom. The van der Waals surface area contributed by atoms with Crippen molar-refractivity contribution in [1.82, 2.24) is 0 Å². The molecule has 0 atom stereocenters. The lowest BCUT2D eigenvalue weighted by Gasteiger charge is -2.18. The Balaban J connectivity index is 2.05. The van der Waals surface area contributed by atoms with Crippen LogP contribution in [0.15, 0.2) is 53.4 Å². The number of hydrazine groups is 1. The van der Waals surface area contributed by atoms with Gasteiger partial charge in [-0.3, -0.25) is 0 Å². The molecular formula is C14H15FN2S. The van der Waals surface area contributed by atoms with Crippen LogP contribution in [0.4, 0.5) is 10.1 Å². The predicted molar refractivity (Wildman–Crippen MR) is 75.0 cm³/mol. The van der Waals surface area contributed by atoms with Gasteiger partial charge < -0.3 is 5.01 Å². The Morgan fingerprint density at radius 1 is 1.06 bits per heavy atom. The molecule has 2 rings (SSSR count). The molecule has 2 nitrogen and oxygen atoms in total. The van der Waals surface area contributed by atoms with Gasteiger partial charge in [-0.25, -0.2) is 10.2 Å². The fraction of sp³-hybridized carbons (Fsp3) is 0.143. The minimum Gasteiger partial charge on any atom is -0.307 e. The Labute approximate surface area is 111 Å². The first-order valence-corrected chi connectivity index (χ1v) is 6.82. The van der Waals surface area contributed by atoms with Crippen molar-refractivity contribution in [2.45, 2.75) is 11.4 Å². The number of nitrogens with zero attached hydrogens (tertiary/aromatic N) is 1. The highest BCUT2D eigenvalue weighted by Gasteiger charge is 2.03. The van der Waals surface area contributed by atoms with Crippen molar-refractivity contribution < 1.29 is 4.39 Å². The van der Waals surface area contributed by atoms with Crippen LogP contribution in [0, 0.1) is 5.82 Å². The molecule has 4 heteroatoms. The predicted octanol–water partition coefficient (Wildman–Crippen LogP) is 3.43. The molecule has 0 saturated heterocycles. The highest BCUT2D eigenvalue weighted by atomic mass is 32.2. The number of benzene rings is 2. The maximum Gasteiger partial charge on any atom is 0.123 e. The molecule has 0 amide bonds. The minimum absolute atomic E-state index is 0.253. The van der Waals surface area contributed by atoms with Crippen LogP contribution in [-0.4, -0.2) is 6.26 Å². The van der Waals surface area contributed by atoms with Gasteiger partial charge in [-0.1, -0.05) is 12.1 Å². The summed E-state index contributed by atoms with van der Waals surface area (Å²) >= 11 is 1.71. The fourth-order valence-corrected chi connectivity index (χ4v) is 2.06. The molecule has 0 saturated carbocycles. The first kappa shape index (κ1) is 12.9. The number of hydrogen-bond acceptors (Lipinski definition) is 3. The number of rotatable bonds is 4. The molecule has 0 unspecified atom stereocenters. The molecule has 2 aromatic carbocycles. The lowest BCUT2D eigenvalue weighted by Crippen LogP contribution is -2.29. The van der Waals surface area contributed by atoms with Crippen LogP contribution in [0.5, 0.6) is 0 Å². The number of thioether (sulfide) groups is 1. The monoisotopic (exact) mass is 262 g/mol. The van der Waals surface area contributed by atoms with Crippen molar-refractivity contribution in [3.8, 4) is 0 Å². The summed E-state index contributed by atoms with van der Waals surface area (Å²) in [6.07, 6.45) is 2.04. The molecule has 0 radical (unpaired) electrons. The van der Waals surface area contributed by atoms with Gasteiger partial charge in [0, 0.05) is 4.90 Å². The molecule has 0 aliphatic carbocycles. The molecule has 0 aliphatic rings. The maximum absolute atomic E-state index is 12.8. The van der Waals surface area contributed by atoms with Crippen LogP contribution >= 0.6 is 11.8 Å². The van der Waals surface area contributed by atoms with E-state index in [1.165, 1.54) is 17.0 Å². The minimum atomic E-state index is -0.253. The summed E-state index contributed by atoms with van der Waals surface area (Å²) in [5.74, 6) is 5.70. The molecule has 0 fully saturated rings. The standard InChI is InChI=1S/C14H15FN2S/c1-18-14-8-2-11(3-9-14)10-17(16)13-6-4-12(15)5-7-13/h2-9H,10,16H2,1H3. The van der Waals surface area contributed by atoms with E-state index in [1.807, 2.05) is 6.26 Å². The maximum atomic E-state index is 12.8. The first-order chi connectivity index (χ1) is 8.69. The summed E-state index contributed by atoms with van der Waals surface area (Å²) in [6, 6.07) is 14.4. The Hall–Kier alpha value is -1.52. The molecule has 0 spiro atoms. The third-order valence-corrected chi connectivity index (χ3v) is 3.41. The Morgan fingerprint density at radius 3 is 2.22 bits per heavy atom. The van der Waals surface area contributed by atoms with Gasteiger partial charge in [-0.15, -0.1) is 11.8 Å². The summed E-state index contributed by atoms with van der Waals surface area (Å²) in [4.78, 5) is 1.23. The van der Waals surface area contributed by atoms with Crippen molar-refractivity contribution in [2.75, 3.05) is 11.3 Å². The van der Waals surface area contributed by atoms with E-state index >= 15 is 0 Å². The van der Waals surface area contributed by atoms with Gasteiger partial charge in [-0.05, 0) is 48.2 Å². The van der Waals surface area contributed by atoms with E-state index in [1.54, 1.807) is 28.9 Å². The van der Waals surface area contributed by atoms with E-state index in [0.29, 0.717) is 6.54 Å². The van der Waals surface area contributed by atoms with Gasteiger partial charge in [0.15, 0.2) is 0 Å². The molecule has 2 N–H and O–H groups in total. The van der Waals surface area contributed by atoms with E-state index < -0.39 is 0 Å². The van der Waals surface area contributed by atoms with Crippen LogP contribution < -0.4 is 10.9 Å². The molecule has 0 aliphatic heterocycles. The van der Waals surface area contributed by atoms with E-state index in [4.69, 9.17) is 5.84 Å². The fourth-order valence-electron chi connectivity index (χ4n) is 1.65. The summed E-state index contributed by atoms with van der Waals surface area (Å²) in [7, 11) is 0.